The summed E-state index contributed by atoms with van der Waals surface area (Å²) in [5.41, 5.74) is 7.73. The van der Waals surface area contributed by atoms with Gasteiger partial charge in [0, 0.05) is 19.6 Å². The van der Waals surface area contributed by atoms with Crippen molar-refractivity contribution in [2.45, 2.75) is 6.04 Å². The molecule has 1 heterocycles. The van der Waals surface area contributed by atoms with Gasteiger partial charge in [0.1, 0.15) is 11.6 Å². The van der Waals surface area contributed by atoms with Crippen molar-refractivity contribution in [2.24, 2.45) is 5.73 Å². The summed E-state index contributed by atoms with van der Waals surface area (Å²) >= 11 is 0. The Morgan fingerprint density at radius 1 is 1.29 bits per heavy atom. The first kappa shape index (κ1) is 16.3. The second-order valence-electron chi connectivity index (χ2n) is 5.71. The fourth-order valence-electron chi connectivity index (χ4n) is 3.07. The molecule has 0 unspecified atom stereocenters. The van der Waals surface area contributed by atoms with Gasteiger partial charge in [-0.1, -0.05) is 12.1 Å². The molecule has 6 heteroatoms. The first-order valence-corrected chi connectivity index (χ1v) is 7.81. The Bertz CT molecular complexity index is 734. The zero-order chi connectivity index (χ0) is 17.1. The lowest BCUT2D eigenvalue weighted by Crippen LogP contribution is -2.46. The van der Waals surface area contributed by atoms with Gasteiger partial charge >= 0.3 is 0 Å². The number of primary amides is 1. The summed E-state index contributed by atoms with van der Waals surface area (Å²) in [5, 5.41) is 3.34. The van der Waals surface area contributed by atoms with E-state index in [1.54, 1.807) is 25.3 Å². The van der Waals surface area contributed by atoms with E-state index in [2.05, 4.69) is 10.2 Å². The number of carbonyl (C=O) groups excluding carboxylic acids is 1. The van der Waals surface area contributed by atoms with Crippen LogP contribution in [0.25, 0.3) is 0 Å². The maximum atomic E-state index is 13.2. The lowest BCUT2D eigenvalue weighted by molar-refractivity contribution is 0.1000. The van der Waals surface area contributed by atoms with Gasteiger partial charge in [-0.3, -0.25) is 4.79 Å². The number of hydrogen-bond donors (Lipinski definition) is 2. The van der Waals surface area contributed by atoms with Gasteiger partial charge in [0.2, 0.25) is 0 Å². The minimum atomic E-state index is -0.500. The maximum Gasteiger partial charge on any atom is 0.250 e. The van der Waals surface area contributed by atoms with E-state index in [-0.39, 0.29) is 11.9 Å². The highest BCUT2D eigenvalue weighted by Gasteiger charge is 2.27. The third-order valence-corrected chi connectivity index (χ3v) is 4.28. The van der Waals surface area contributed by atoms with E-state index in [4.69, 9.17) is 10.5 Å². The van der Waals surface area contributed by atoms with Crippen molar-refractivity contribution in [3.8, 4) is 5.75 Å². The smallest absolute Gasteiger partial charge is 0.250 e. The lowest BCUT2D eigenvalue weighted by Gasteiger charge is -2.39. The van der Waals surface area contributed by atoms with Crippen molar-refractivity contribution in [2.75, 3.05) is 31.6 Å². The second-order valence-corrected chi connectivity index (χ2v) is 5.71. The van der Waals surface area contributed by atoms with Gasteiger partial charge in [-0.05, 0) is 35.9 Å². The Morgan fingerprint density at radius 2 is 2.04 bits per heavy atom. The fraction of sp³-hybridized carbons (Fsp3) is 0.278. The van der Waals surface area contributed by atoms with Crippen molar-refractivity contribution in [3.63, 3.8) is 0 Å². The molecule has 2 aromatic carbocycles. The zero-order valence-electron chi connectivity index (χ0n) is 13.5. The molecule has 0 aliphatic carbocycles. The Kier molecular flexibility index (Phi) is 4.66. The normalized spacial score (nSPS) is 17.6. The molecule has 0 radical (unpaired) electrons. The number of benzene rings is 2. The predicted octanol–water partition coefficient (Wildman–Crippen LogP) is 2.08. The number of rotatable bonds is 4. The minimum absolute atomic E-state index is 0.00848. The molecule has 1 saturated heterocycles. The highest BCUT2D eigenvalue weighted by Crippen LogP contribution is 2.33. The average Bonchev–Trinajstić information content (AvgIpc) is 2.62. The van der Waals surface area contributed by atoms with Crippen LogP contribution in [-0.2, 0) is 0 Å². The summed E-state index contributed by atoms with van der Waals surface area (Å²) in [6.45, 7) is 2.21. The molecule has 0 aromatic heterocycles. The third kappa shape index (κ3) is 3.19. The lowest BCUT2D eigenvalue weighted by atomic mass is 10.0. The van der Waals surface area contributed by atoms with Gasteiger partial charge in [0.15, 0.2) is 0 Å². The Morgan fingerprint density at radius 3 is 2.71 bits per heavy atom. The van der Waals surface area contributed by atoms with E-state index in [1.807, 2.05) is 12.1 Å². The monoisotopic (exact) mass is 329 g/mol. The number of halogens is 1. The van der Waals surface area contributed by atoms with Crippen LogP contribution in [0, 0.1) is 5.82 Å². The van der Waals surface area contributed by atoms with E-state index in [0.29, 0.717) is 24.4 Å². The largest absolute Gasteiger partial charge is 0.497 e. The van der Waals surface area contributed by atoms with Gasteiger partial charge in [-0.25, -0.2) is 4.39 Å². The molecule has 126 valence electrons. The van der Waals surface area contributed by atoms with Gasteiger partial charge in [-0.2, -0.15) is 0 Å². The molecule has 0 saturated carbocycles. The molecule has 5 nitrogen and oxygen atoms in total. The molecule has 1 atom stereocenters. The summed E-state index contributed by atoms with van der Waals surface area (Å²) < 4.78 is 18.4. The summed E-state index contributed by atoms with van der Waals surface area (Å²) in [6, 6.07) is 11.7. The molecule has 24 heavy (non-hydrogen) atoms. The van der Waals surface area contributed by atoms with Crippen LogP contribution < -0.4 is 20.7 Å². The van der Waals surface area contributed by atoms with Crippen LogP contribution in [0.2, 0.25) is 0 Å². The molecular weight excluding hydrogens is 309 g/mol. The number of amides is 1. The molecular formula is C18H20FN3O2. The topological polar surface area (TPSA) is 67.6 Å². The molecule has 1 amide bonds. The number of ether oxygens (including phenoxy) is 1. The van der Waals surface area contributed by atoms with E-state index in [1.165, 1.54) is 12.1 Å². The summed E-state index contributed by atoms with van der Waals surface area (Å²) in [4.78, 5) is 14.0. The fourth-order valence-corrected chi connectivity index (χ4v) is 3.07. The highest BCUT2D eigenvalue weighted by molar-refractivity contribution is 5.99. The number of nitrogens with two attached hydrogens (primary N) is 1. The Balaban J connectivity index is 2.02. The summed E-state index contributed by atoms with van der Waals surface area (Å²) in [5.74, 6) is -0.183. The average molecular weight is 329 g/mol. The maximum absolute atomic E-state index is 13.2. The van der Waals surface area contributed by atoms with E-state index >= 15 is 0 Å². The first-order chi connectivity index (χ1) is 11.6. The summed E-state index contributed by atoms with van der Waals surface area (Å²) in [6.07, 6.45) is 0. The van der Waals surface area contributed by atoms with E-state index in [0.717, 1.165) is 17.8 Å². The zero-order valence-corrected chi connectivity index (χ0v) is 13.5. The molecule has 2 aromatic rings. The van der Waals surface area contributed by atoms with Crippen LogP contribution in [-0.4, -0.2) is 32.7 Å². The second kappa shape index (κ2) is 6.88. The predicted molar refractivity (Wildman–Crippen MR) is 90.9 cm³/mol. The van der Waals surface area contributed by atoms with Crippen LogP contribution in [0.4, 0.5) is 10.1 Å². The minimum Gasteiger partial charge on any atom is -0.497 e. The number of nitrogens with one attached hydrogen (secondary N) is 1. The van der Waals surface area contributed by atoms with Gasteiger partial charge in [0.25, 0.3) is 5.91 Å². The SMILES string of the molecule is COc1ccc(N2CCNC[C@H]2c2ccc(F)cc2)c(C(N)=O)c1. The van der Waals surface area contributed by atoms with Crippen molar-refractivity contribution in [3.05, 3.63) is 59.4 Å². The van der Waals surface area contributed by atoms with Crippen molar-refractivity contribution in [1.82, 2.24) is 5.32 Å². The Hall–Kier alpha value is -2.60. The molecule has 3 N–H and O–H groups in total. The molecule has 3 rings (SSSR count). The standard InChI is InChI=1S/C18H20FN3O2/c1-24-14-6-7-16(15(10-14)18(20)23)22-9-8-21-11-17(22)12-2-4-13(19)5-3-12/h2-7,10,17,21H,8-9,11H2,1H3,(H2,20,23)/t17-/m0/s1. The number of methoxy groups -OCH3 is 1. The molecule has 1 aliphatic rings. The number of hydrogen-bond acceptors (Lipinski definition) is 4. The molecule has 1 fully saturated rings. The van der Waals surface area contributed by atoms with Crippen LogP contribution >= 0.6 is 0 Å². The molecule has 1 aliphatic heterocycles. The van der Waals surface area contributed by atoms with E-state index in [9.17, 15) is 9.18 Å². The first-order valence-electron chi connectivity index (χ1n) is 7.81. The Labute approximate surface area is 140 Å². The molecule has 0 spiro atoms. The number of nitrogens with zero attached hydrogens (tertiary/aromatic N) is 1. The quantitative estimate of drug-likeness (QED) is 0.901. The van der Waals surface area contributed by atoms with Crippen molar-refractivity contribution >= 4 is 11.6 Å². The van der Waals surface area contributed by atoms with Gasteiger partial charge < -0.3 is 20.7 Å². The van der Waals surface area contributed by atoms with Crippen LogP contribution in [0.3, 0.4) is 0 Å². The van der Waals surface area contributed by atoms with Crippen LogP contribution in [0.1, 0.15) is 22.0 Å². The van der Waals surface area contributed by atoms with Crippen molar-refractivity contribution < 1.29 is 13.9 Å². The van der Waals surface area contributed by atoms with Gasteiger partial charge in [-0.15, -0.1) is 0 Å². The highest BCUT2D eigenvalue weighted by atomic mass is 19.1. The van der Waals surface area contributed by atoms with Gasteiger partial charge in [0.05, 0.1) is 24.4 Å². The molecule has 0 bridgehead atoms. The van der Waals surface area contributed by atoms with Crippen LogP contribution in [0.15, 0.2) is 42.5 Å². The third-order valence-electron chi connectivity index (χ3n) is 4.28. The number of piperazine rings is 1. The number of anilines is 1. The van der Waals surface area contributed by atoms with Crippen molar-refractivity contribution in [1.29, 1.82) is 0 Å². The van der Waals surface area contributed by atoms with Crippen LogP contribution in [0.5, 0.6) is 5.75 Å². The number of carbonyl (C=O) groups is 1. The summed E-state index contributed by atoms with van der Waals surface area (Å²) in [7, 11) is 1.55. The van der Waals surface area contributed by atoms with E-state index < -0.39 is 5.91 Å².